The molecule has 1 aromatic heterocycles. The quantitative estimate of drug-likeness (QED) is 0.360. The van der Waals surface area contributed by atoms with Crippen molar-refractivity contribution in [1.29, 1.82) is 5.26 Å². The average Bonchev–Trinajstić information content (AvgIpc) is 3.22. The highest BCUT2D eigenvalue weighted by atomic mass is 32.2. The number of nitrogens with zero attached hydrogens (tertiary/aromatic N) is 4. The molecule has 1 fully saturated rings. The van der Waals surface area contributed by atoms with Crippen molar-refractivity contribution in [3.63, 3.8) is 0 Å². The Bertz CT molecular complexity index is 1200. The highest BCUT2D eigenvalue weighted by Crippen LogP contribution is 2.30. The zero-order chi connectivity index (χ0) is 27.0. The maximum absolute atomic E-state index is 14.0. The number of sulfonamides is 1. The van der Waals surface area contributed by atoms with E-state index in [0.29, 0.717) is 57.0 Å². The van der Waals surface area contributed by atoms with E-state index in [1.165, 1.54) is 10.4 Å². The second-order valence-electron chi connectivity index (χ2n) is 8.90. The van der Waals surface area contributed by atoms with Gasteiger partial charge in [-0.15, -0.1) is 0 Å². The lowest BCUT2D eigenvalue weighted by atomic mass is 10.1. The summed E-state index contributed by atoms with van der Waals surface area (Å²) in [5.74, 6) is -2.88. The molecule has 37 heavy (non-hydrogen) atoms. The Kier molecular flexibility index (Phi) is 10.3. The minimum absolute atomic E-state index is 0.0545. The van der Waals surface area contributed by atoms with Gasteiger partial charge in [0, 0.05) is 32.1 Å². The van der Waals surface area contributed by atoms with Crippen LogP contribution in [0.25, 0.3) is 0 Å². The monoisotopic (exact) mass is 554 g/mol. The number of hydrogen-bond donors (Lipinski definition) is 2. The summed E-state index contributed by atoms with van der Waals surface area (Å²) in [6.45, 7) is 4.86. The van der Waals surface area contributed by atoms with Gasteiger partial charge < -0.3 is 16.0 Å². The number of carbonyl (C=O) groups excluding carboxylic acids is 1. The fourth-order valence-corrected chi connectivity index (χ4v) is 6.72. The van der Waals surface area contributed by atoms with Gasteiger partial charge in [0.05, 0.1) is 17.4 Å². The molecule has 13 heteroatoms. The normalized spacial score (nSPS) is 15.1. The molecule has 1 aromatic carbocycles. The first-order valence-corrected chi connectivity index (χ1v) is 14.7. The molecule has 1 saturated heterocycles. The molecule has 0 spiro atoms. The molecular formula is C24H32F2N6O3S2. The summed E-state index contributed by atoms with van der Waals surface area (Å²) < 4.78 is 55.2. The number of nitrogens with one attached hydrogen (secondary N) is 1. The highest BCUT2D eigenvalue weighted by molar-refractivity contribution is 7.89. The summed E-state index contributed by atoms with van der Waals surface area (Å²) in [5, 5.41) is 12.3. The standard InChI is InChI=1S/C24H32F2N6O3S2/c1-2-11-31(12-4-10-27)13-5-16-37(34,35)32-14-8-17(9-15-32)29-24-30-23(28)22(36-24)21(33)20-18(25)6-3-7-19(20)26/h3,6-7,17H,2,4-5,8-9,11-16,28H2,1H3,(H,29,30). The predicted octanol–water partition coefficient (Wildman–Crippen LogP) is 3.46. The third-order valence-electron chi connectivity index (χ3n) is 6.18. The number of nitrogens with two attached hydrogens (primary N) is 1. The molecule has 0 radical (unpaired) electrons. The predicted molar refractivity (Wildman–Crippen MR) is 140 cm³/mol. The molecule has 2 heterocycles. The lowest BCUT2D eigenvalue weighted by molar-refractivity contribution is 0.103. The highest BCUT2D eigenvalue weighted by Gasteiger charge is 2.29. The first-order chi connectivity index (χ1) is 17.7. The third kappa shape index (κ3) is 7.67. The summed E-state index contributed by atoms with van der Waals surface area (Å²) in [6.07, 6.45) is 2.94. The van der Waals surface area contributed by atoms with Gasteiger partial charge in [-0.2, -0.15) is 5.26 Å². The molecule has 3 rings (SSSR count). The smallest absolute Gasteiger partial charge is 0.214 e. The van der Waals surface area contributed by atoms with Crippen molar-refractivity contribution in [2.24, 2.45) is 0 Å². The van der Waals surface area contributed by atoms with Crippen molar-refractivity contribution in [1.82, 2.24) is 14.2 Å². The maximum atomic E-state index is 14.0. The number of anilines is 2. The van der Waals surface area contributed by atoms with E-state index in [-0.39, 0.29) is 22.5 Å². The van der Waals surface area contributed by atoms with Gasteiger partial charge in [0.1, 0.15) is 22.3 Å². The first-order valence-electron chi connectivity index (χ1n) is 12.2. The van der Waals surface area contributed by atoms with Crippen LogP contribution in [0, 0.1) is 23.0 Å². The van der Waals surface area contributed by atoms with E-state index >= 15 is 0 Å². The summed E-state index contributed by atoms with van der Waals surface area (Å²) in [7, 11) is -3.40. The van der Waals surface area contributed by atoms with Crippen molar-refractivity contribution < 1.29 is 22.0 Å². The van der Waals surface area contributed by atoms with Crippen LogP contribution in [-0.4, -0.2) is 72.9 Å². The number of nitriles is 1. The van der Waals surface area contributed by atoms with Crippen LogP contribution in [-0.2, 0) is 10.0 Å². The fourth-order valence-electron chi connectivity index (χ4n) is 4.30. The molecular weight excluding hydrogens is 522 g/mol. The van der Waals surface area contributed by atoms with Crippen LogP contribution in [0.1, 0.15) is 54.3 Å². The molecule has 3 N–H and O–H groups in total. The summed E-state index contributed by atoms with van der Waals surface area (Å²) in [4.78, 5) is 18.9. The van der Waals surface area contributed by atoms with Crippen molar-refractivity contribution in [3.05, 3.63) is 40.3 Å². The van der Waals surface area contributed by atoms with Gasteiger partial charge in [-0.05, 0) is 50.9 Å². The molecule has 202 valence electrons. The molecule has 1 aliphatic rings. The van der Waals surface area contributed by atoms with E-state index < -0.39 is 33.0 Å². The number of benzene rings is 1. The molecule has 0 unspecified atom stereocenters. The van der Waals surface area contributed by atoms with Crippen LogP contribution in [0.15, 0.2) is 18.2 Å². The number of nitrogen functional groups attached to an aromatic ring is 1. The lowest BCUT2D eigenvalue weighted by Gasteiger charge is -2.31. The molecule has 0 bridgehead atoms. The number of thiazole rings is 1. The van der Waals surface area contributed by atoms with E-state index in [0.717, 1.165) is 36.4 Å². The first kappa shape index (κ1) is 28.9. The Morgan fingerprint density at radius 2 is 1.95 bits per heavy atom. The van der Waals surface area contributed by atoms with Crippen molar-refractivity contribution >= 4 is 38.1 Å². The second kappa shape index (κ2) is 13.2. The number of aromatic nitrogens is 1. The van der Waals surface area contributed by atoms with Crippen LogP contribution in [0.5, 0.6) is 0 Å². The number of rotatable bonds is 13. The Labute approximate surface area is 220 Å². The maximum Gasteiger partial charge on any atom is 0.214 e. The van der Waals surface area contributed by atoms with Gasteiger partial charge in [0.15, 0.2) is 5.13 Å². The molecule has 0 aliphatic carbocycles. The molecule has 1 aliphatic heterocycles. The van der Waals surface area contributed by atoms with Crippen LogP contribution in [0.2, 0.25) is 0 Å². The van der Waals surface area contributed by atoms with E-state index in [2.05, 4.69) is 28.2 Å². The molecule has 0 amide bonds. The van der Waals surface area contributed by atoms with Crippen LogP contribution in [0.3, 0.4) is 0 Å². The van der Waals surface area contributed by atoms with Crippen LogP contribution >= 0.6 is 11.3 Å². The summed E-state index contributed by atoms with van der Waals surface area (Å²) >= 11 is 0.916. The SMILES string of the molecule is CCCN(CCC#N)CCCS(=O)(=O)N1CCC(Nc2nc(N)c(C(=O)c3c(F)cccc3F)s2)CC1. The summed E-state index contributed by atoms with van der Waals surface area (Å²) in [5.41, 5.74) is 5.19. The molecule has 2 aromatic rings. The van der Waals surface area contributed by atoms with Crippen molar-refractivity contribution in [3.8, 4) is 6.07 Å². The zero-order valence-electron chi connectivity index (χ0n) is 20.8. The number of ketones is 1. The number of piperidine rings is 1. The van der Waals surface area contributed by atoms with Gasteiger partial charge in [-0.1, -0.05) is 24.3 Å². The average molecular weight is 555 g/mol. The summed E-state index contributed by atoms with van der Waals surface area (Å²) in [6, 6.07) is 5.22. The topological polar surface area (TPSA) is 132 Å². The number of hydrogen-bond acceptors (Lipinski definition) is 9. The van der Waals surface area contributed by atoms with E-state index in [4.69, 9.17) is 11.0 Å². The Morgan fingerprint density at radius 1 is 1.27 bits per heavy atom. The largest absolute Gasteiger partial charge is 0.382 e. The van der Waals surface area contributed by atoms with Crippen LogP contribution < -0.4 is 11.1 Å². The zero-order valence-corrected chi connectivity index (χ0v) is 22.4. The second-order valence-corrected chi connectivity index (χ2v) is 12.0. The van der Waals surface area contributed by atoms with Crippen LogP contribution in [0.4, 0.5) is 19.7 Å². The Hall–Kier alpha value is -2.66. The minimum Gasteiger partial charge on any atom is -0.382 e. The molecule has 0 atom stereocenters. The van der Waals surface area contributed by atoms with E-state index in [1.807, 2.05) is 0 Å². The van der Waals surface area contributed by atoms with E-state index in [9.17, 15) is 22.0 Å². The van der Waals surface area contributed by atoms with E-state index in [1.54, 1.807) is 0 Å². The number of halogens is 2. The van der Waals surface area contributed by atoms with Gasteiger partial charge in [0.2, 0.25) is 15.8 Å². The minimum atomic E-state index is -3.40. The van der Waals surface area contributed by atoms with Crippen molar-refractivity contribution in [2.75, 3.05) is 49.5 Å². The van der Waals surface area contributed by atoms with Gasteiger partial charge in [-0.3, -0.25) is 4.79 Å². The molecule has 9 nitrogen and oxygen atoms in total. The fraction of sp³-hybridized carbons (Fsp3) is 0.542. The number of carbonyl (C=O) groups is 1. The Balaban J connectivity index is 1.52. The Morgan fingerprint density at radius 3 is 2.57 bits per heavy atom. The third-order valence-corrected chi connectivity index (χ3v) is 9.14. The van der Waals surface area contributed by atoms with Crippen molar-refractivity contribution in [2.45, 2.75) is 45.1 Å². The van der Waals surface area contributed by atoms with Gasteiger partial charge in [-0.25, -0.2) is 26.5 Å². The molecule has 0 saturated carbocycles. The van der Waals surface area contributed by atoms with Gasteiger partial charge in [0.25, 0.3) is 0 Å². The van der Waals surface area contributed by atoms with Gasteiger partial charge >= 0.3 is 0 Å². The lowest BCUT2D eigenvalue weighted by Crippen LogP contribution is -2.43.